The zero-order chi connectivity index (χ0) is 13.5. The van der Waals surface area contributed by atoms with Crippen LogP contribution >= 0.6 is 0 Å². The molecule has 0 fully saturated rings. The van der Waals surface area contributed by atoms with E-state index in [4.69, 9.17) is 4.74 Å². The molecule has 0 amide bonds. The molecule has 0 radical (unpaired) electrons. The third-order valence-corrected chi connectivity index (χ3v) is 3.12. The van der Waals surface area contributed by atoms with Crippen molar-refractivity contribution in [3.05, 3.63) is 41.7 Å². The maximum absolute atomic E-state index is 5.16. The highest BCUT2D eigenvalue weighted by atomic mass is 16.5. The van der Waals surface area contributed by atoms with Crippen molar-refractivity contribution >= 4 is 0 Å². The van der Waals surface area contributed by atoms with Gasteiger partial charge in [-0.05, 0) is 37.1 Å². The first-order valence-electron chi connectivity index (χ1n) is 6.55. The number of methoxy groups -OCH3 is 1. The van der Waals surface area contributed by atoms with Gasteiger partial charge < -0.3 is 10.1 Å². The van der Waals surface area contributed by atoms with Crippen molar-refractivity contribution in [3.63, 3.8) is 0 Å². The van der Waals surface area contributed by atoms with Crippen LogP contribution in [-0.4, -0.2) is 29.1 Å². The van der Waals surface area contributed by atoms with Gasteiger partial charge in [-0.2, -0.15) is 15.4 Å². The first-order chi connectivity index (χ1) is 9.33. The summed E-state index contributed by atoms with van der Waals surface area (Å²) in [4.78, 5) is 0. The molecule has 0 saturated carbocycles. The van der Waals surface area contributed by atoms with Crippen LogP contribution in [0.15, 0.2) is 30.5 Å². The monoisotopic (exact) mass is 260 g/mol. The Bertz CT molecular complexity index is 467. The van der Waals surface area contributed by atoms with E-state index in [1.54, 1.807) is 13.3 Å². The predicted octanol–water partition coefficient (Wildman–Crippen LogP) is 2.10. The van der Waals surface area contributed by atoms with Crippen LogP contribution in [0.5, 0.6) is 5.75 Å². The van der Waals surface area contributed by atoms with Crippen molar-refractivity contribution in [1.82, 2.24) is 20.7 Å². The number of nitrogens with one attached hydrogen (secondary N) is 2. The average molecular weight is 260 g/mol. The molecule has 0 aliphatic carbocycles. The largest absolute Gasteiger partial charge is 0.497 e. The molecule has 1 atom stereocenters. The topological polar surface area (TPSA) is 62.8 Å². The quantitative estimate of drug-likeness (QED) is 0.800. The number of benzene rings is 1. The van der Waals surface area contributed by atoms with Crippen LogP contribution in [0, 0.1) is 0 Å². The average Bonchev–Trinajstić information content (AvgIpc) is 2.98. The lowest BCUT2D eigenvalue weighted by Crippen LogP contribution is -2.21. The van der Waals surface area contributed by atoms with Crippen LogP contribution in [0.2, 0.25) is 0 Å². The molecule has 1 aromatic carbocycles. The van der Waals surface area contributed by atoms with E-state index in [9.17, 15) is 0 Å². The fourth-order valence-electron chi connectivity index (χ4n) is 2.08. The van der Waals surface area contributed by atoms with Gasteiger partial charge in [0.25, 0.3) is 0 Å². The second-order valence-electron chi connectivity index (χ2n) is 4.39. The second kappa shape index (κ2) is 6.89. The number of aromatic amines is 1. The lowest BCUT2D eigenvalue weighted by Gasteiger charge is -2.15. The number of ether oxygens (including phenoxy) is 1. The minimum Gasteiger partial charge on any atom is -0.497 e. The maximum Gasteiger partial charge on any atom is 0.118 e. The van der Waals surface area contributed by atoms with E-state index in [-0.39, 0.29) is 6.04 Å². The van der Waals surface area contributed by atoms with E-state index >= 15 is 0 Å². The molecule has 102 valence electrons. The maximum atomic E-state index is 5.16. The first kappa shape index (κ1) is 13.5. The number of aryl methyl sites for hydroxylation is 1. The summed E-state index contributed by atoms with van der Waals surface area (Å²) in [6.07, 6.45) is 3.77. The molecule has 5 heteroatoms. The van der Waals surface area contributed by atoms with Gasteiger partial charge in [-0.15, -0.1) is 0 Å². The standard InChI is InChI=1S/C14H20N4O/c1-3-15-13(14-10-16-18-17-14)9-6-11-4-7-12(19-2)8-5-11/h4-5,7-8,10,13,15H,3,6,9H2,1-2H3,(H,16,17,18). The van der Waals surface area contributed by atoms with Crippen LogP contribution in [0.3, 0.4) is 0 Å². The number of hydrogen-bond donors (Lipinski definition) is 2. The highest BCUT2D eigenvalue weighted by molar-refractivity contribution is 5.27. The fourth-order valence-corrected chi connectivity index (χ4v) is 2.08. The molecule has 0 spiro atoms. The summed E-state index contributed by atoms with van der Waals surface area (Å²) in [5, 5.41) is 14.1. The number of H-pyrrole nitrogens is 1. The summed E-state index contributed by atoms with van der Waals surface area (Å²) in [5.74, 6) is 0.892. The molecule has 19 heavy (non-hydrogen) atoms. The van der Waals surface area contributed by atoms with Crippen LogP contribution in [0.4, 0.5) is 0 Å². The molecule has 0 saturated heterocycles. The zero-order valence-electron chi connectivity index (χ0n) is 11.4. The minimum atomic E-state index is 0.242. The summed E-state index contributed by atoms with van der Waals surface area (Å²) in [7, 11) is 1.68. The minimum absolute atomic E-state index is 0.242. The Morgan fingerprint density at radius 3 is 2.68 bits per heavy atom. The van der Waals surface area contributed by atoms with E-state index < -0.39 is 0 Å². The van der Waals surface area contributed by atoms with Crippen LogP contribution in [0.1, 0.15) is 30.6 Å². The second-order valence-corrected chi connectivity index (χ2v) is 4.39. The highest BCUT2D eigenvalue weighted by Gasteiger charge is 2.12. The third-order valence-electron chi connectivity index (χ3n) is 3.12. The first-order valence-corrected chi connectivity index (χ1v) is 6.55. The lowest BCUT2D eigenvalue weighted by atomic mass is 10.0. The Hall–Kier alpha value is -1.88. The van der Waals surface area contributed by atoms with Crippen molar-refractivity contribution in [2.45, 2.75) is 25.8 Å². The summed E-state index contributed by atoms with van der Waals surface area (Å²) < 4.78 is 5.16. The molecule has 2 N–H and O–H groups in total. The van der Waals surface area contributed by atoms with Crippen LogP contribution in [-0.2, 0) is 6.42 Å². The van der Waals surface area contributed by atoms with Gasteiger partial charge in [0.1, 0.15) is 5.75 Å². The molecular weight excluding hydrogens is 240 g/mol. The zero-order valence-corrected chi connectivity index (χ0v) is 11.4. The molecule has 1 heterocycles. The van der Waals surface area contributed by atoms with Crippen LogP contribution < -0.4 is 10.1 Å². The molecule has 2 rings (SSSR count). The van der Waals surface area contributed by atoms with Gasteiger partial charge in [-0.25, -0.2) is 0 Å². The van der Waals surface area contributed by atoms with Gasteiger partial charge in [0.15, 0.2) is 0 Å². The molecule has 5 nitrogen and oxygen atoms in total. The SMILES string of the molecule is CCNC(CCc1ccc(OC)cc1)c1cn[nH]n1. The van der Waals surface area contributed by atoms with Crippen molar-refractivity contribution < 1.29 is 4.74 Å². The molecule has 1 unspecified atom stereocenters. The van der Waals surface area contributed by atoms with Gasteiger partial charge in [0, 0.05) is 0 Å². The number of aromatic nitrogens is 3. The van der Waals surface area contributed by atoms with Crippen molar-refractivity contribution in [1.29, 1.82) is 0 Å². The molecular formula is C14H20N4O. The van der Waals surface area contributed by atoms with Crippen molar-refractivity contribution in [2.75, 3.05) is 13.7 Å². The summed E-state index contributed by atoms with van der Waals surface area (Å²) in [6, 6.07) is 8.43. The number of hydrogen-bond acceptors (Lipinski definition) is 4. The Labute approximate surface area is 113 Å². The van der Waals surface area contributed by atoms with Crippen LogP contribution in [0.25, 0.3) is 0 Å². The summed E-state index contributed by atoms with van der Waals surface area (Å²) in [6.45, 7) is 3.01. The third kappa shape index (κ3) is 3.79. The van der Waals surface area contributed by atoms with E-state index in [2.05, 4.69) is 39.8 Å². The lowest BCUT2D eigenvalue weighted by molar-refractivity contribution is 0.414. The number of rotatable bonds is 7. The summed E-state index contributed by atoms with van der Waals surface area (Å²) in [5.41, 5.74) is 2.27. The van der Waals surface area contributed by atoms with Gasteiger partial charge in [0.2, 0.25) is 0 Å². The molecule has 0 aliphatic heterocycles. The molecule has 0 bridgehead atoms. The predicted molar refractivity (Wildman–Crippen MR) is 74.1 cm³/mol. The molecule has 0 aliphatic rings. The van der Waals surface area contributed by atoms with Gasteiger partial charge in [-0.1, -0.05) is 19.1 Å². The van der Waals surface area contributed by atoms with Gasteiger partial charge >= 0.3 is 0 Å². The Morgan fingerprint density at radius 1 is 1.32 bits per heavy atom. The summed E-state index contributed by atoms with van der Waals surface area (Å²) >= 11 is 0. The van der Waals surface area contributed by atoms with E-state index in [0.717, 1.165) is 30.8 Å². The molecule has 2 aromatic rings. The van der Waals surface area contributed by atoms with Crippen molar-refractivity contribution in [3.8, 4) is 5.75 Å². The van der Waals surface area contributed by atoms with Gasteiger partial charge in [-0.3, -0.25) is 0 Å². The Kier molecular flexibility index (Phi) is 4.92. The van der Waals surface area contributed by atoms with E-state index in [1.165, 1.54) is 5.56 Å². The normalized spacial score (nSPS) is 12.3. The highest BCUT2D eigenvalue weighted by Crippen LogP contribution is 2.18. The fraction of sp³-hybridized carbons (Fsp3) is 0.429. The van der Waals surface area contributed by atoms with Gasteiger partial charge in [0.05, 0.1) is 25.0 Å². The smallest absolute Gasteiger partial charge is 0.118 e. The van der Waals surface area contributed by atoms with Crippen molar-refractivity contribution in [2.24, 2.45) is 0 Å². The van der Waals surface area contributed by atoms with E-state index in [0.29, 0.717) is 0 Å². The Morgan fingerprint density at radius 2 is 2.11 bits per heavy atom. The number of nitrogens with zero attached hydrogens (tertiary/aromatic N) is 2. The molecule has 1 aromatic heterocycles. The van der Waals surface area contributed by atoms with E-state index in [1.807, 2.05) is 12.1 Å². The Balaban J connectivity index is 1.94.